The molecule has 3 aliphatic rings. The quantitative estimate of drug-likeness (QED) is 0.484. The number of piperidine rings is 2. The molecule has 0 saturated carbocycles. The molecule has 2 aromatic rings. The average Bonchev–Trinajstić information content (AvgIpc) is 2.91. The molecular weight excluding hydrogens is 446 g/mol. The van der Waals surface area contributed by atoms with Gasteiger partial charge in [0.1, 0.15) is 0 Å². The van der Waals surface area contributed by atoms with Gasteiger partial charge >= 0.3 is 0 Å². The van der Waals surface area contributed by atoms with Gasteiger partial charge in [-0.2, -0.15) is 0 Å². The van der Waals surface area contributed by atoms with Gasteiger partial charge < -0.3 is 15.5 Å². The second-order valence-electron chi connectivity index (χ2n) is 11.0. The smallest absolute Gasteiger partial charge is 0.252 e. The SMILES string of the molecule is CCCCCCc1cc2c(c(C(=O)N[C@H](C)c3ccccc3)c1)[C@H]1C[C@H]3NCCC[C@H]3C(=O)N1CC2. The maximum Gasteiger partial charge on any atom is 0.252 e. The van der Waals surface area contributed by atoms with Crippen molar-refractivity contribution < 1.29 is 9.59 Å². The molecular formula is C31H41N3O2. The first kappa shape index (κ1) is 25.0. The Balaban J connectivity index is 1.47. The van der Waals surface area contributed by atoms with Gasteiger partial charge in [0.15, 0.2) is 0 Å². The van der Waals surface area contributed by atoms with Crippen molar-refractivity contribution in [1.29, 1.82) is 0 Å². The van der Waals surface area contributed by atoms with Crippen LogP contribution >= 0.6 is 0 Å². The van der Waals surface area contributed by atoms with Crippen LogP contribution in [0.15, 0.2) is 42.5 Å². The average molecular weight is 488 g/mol. The number of rotatable bonds is 8. The zero-order chi connectivity index (χ0) is 25.1. The summed E-state index contributed by atoms with van der Waals surface area (Å²) in [5, 5.41) is 6.89. The number of carbonyl (C=O) groups excluding carboxylic acids is 2. The molecule has 2 amide bonds. The van der Waals surface area contributed by atoms with Gasteiger partial charge in [-0.15, -0.1) is 0 Å². The standard InChI is InChI=1S/C31H41N3O2/c1-3-4-5-7-11-22-18-24-15-17-34-28(20-27-25(31(34)36)14-10-16-32-27)29(24)26(19-22)30(35)33-21(2)23-12-8-6-9-13-23/h6,8-9,12-13,18-19,21,25,27-28,32H,3-5,7,10-11,14-17,20H2,1-2H3,(H,33,35)/t21-,25-,27-,28-/m1/s1. The fourth-order valence-corrected chi connectivity index (χ4v) is 6.58. The van der Waals surface area contributed by atoms with Crippen molar-refractivity contribution in [1.82, 2.24) is 15.5 Å². The van der Waals surface area contributed by atoms with Crippen LogP contribution in [0.5, 0.6) is 0 Å². The Morgan fingerprint density at radius 3 is 2.81 bits per heavy atom. The molecule has 0 unspecified atom stereocenters. The van der Waals surface area contributed by atoms with Crippen LogP contribution in [0.3, 0.4) is 0 Å². The fourth-order valence-electron chi connectivity index (χ4n) is 6.58. The van der Waals surface area contributed by atoms with E-state index in [1.165, 1.54) is 30.4 Å². The maximum absolute atomic E-state index is 13.8. The summed E-state index contributed by atoms with van der Waals surface area (Å²) in [7, 11) is 0. The summed E-state index contributed by atoms with van der Waals surface area (Å²) in [4.78, 5) is 29.4. The van der Waals surface area contributed by atoms with E-state index < -0.39 is 0 Å². The van der Waals surface area contributed by atoms with Crippen LogP contribution in [-0.2, 0) is 17.6 Å². The predicted molar refractivity (Wildman–Crippen MR) is 144 cm³/mol. The van der Waals surface area contributed by atoms with Gasteiger partial charge in [0.05, 0.1) is 18.0 Å². The largest absolute Gasteiger partial charge is 0.346 e. The zero-order valence-corrected chi connectivity index (χ0v) is 21.9. The monoisotopic (exact) mass is 487 g/mol. The van der Waals surface area contributed by atoms with Gasteiger partial charge in [-0.3, -0.25) is 9.59 Å². The van der Waals surface area contributed by atoms with E-state index in [0.717, 1.165) is 68.3 Å². The Morgan fingerprint density at radius 2 is 2.00 bits per heavy atom. The number of amides is 2. The van der Waals surface area contributed by atoms with Crippen molar-refractivity contribution in [2.24, 2.45) is 5.92 Å². The highest BCUT2D eigenvalue weighted by Gasteiger charge is 2.46. The minimum Gasteiger partial charge on any atom is -0.346 e. The lowest BCUT2D eigenvalue weighted by molar-refractivity contribution is -0.145. The number of nitrogens with one attached hydrogen (secondary N) is 2. The van der Waals surface area contributed by atoms with Gasteiger partial charge in [0.25, 0.3) is 5.91 Å². The van der Waals surface area contributed by atoms with Gasteiger partial charge in [0, 0.05) is 18.2 Å². The Morgan fingerprint density at radius 1 is 1.17 bits per heavy atom. The number of aryl methyl sites for hydroxylation is 1. The van der Waals surface area contributed by atoms with Crippen molar-refractivity contribution in [2.75, 3.05) is 13.1 Å². The van der Waals surface area contributed by atoms with Gasteiger partial charge in [0.2, 0.25) is 5.91 Å². The third-order valence-corrected chi connectivity index (χ3v) is 8.53. The van der Waals surface area contributed by atoms with Crippen LogP contribution in [0, 0.1) is 5.92 Å². The lowest BCUT2D eigenvalue weighted by Gasteiger charge is -2.49. The van der Waals surface area contributed by atoms with Crippen LogP contribution in [-0.4, -0.2) is 35.8 Å². The van der Waals surface area contributed by atoms with E-state index in [9.17, 15) is 9.59 Å². The molecule has 0 spiro atoms. The third-order valence-electron chi connectivity index (χ3n) is 8.53. The van der Waals surface area contributed by atoms with Gasteiger partial charge in [-0.25, -0.2) is 0 Å². The lowest BCUT2D eigenvalue weighted by Crippen LogP contribution is -2.58. The van der Waals surface area contributed by atoms with Crippen molar-refractivity contribution in [3.8, 4) is 0 Å². The van der Waals surface area contributed by atoms with Crippen LogP contribution in [0.2, 0.25) is 0 Å². The first-order valence-corrected chi connectivity index (χ1v) is 14.1. The second-order valence-corrected chi connectivity index (χ2v) is 11.0. The van der Waals surface area contributed by atoms with Crippen molar-refractivity contribution in [2.45, 2.75) is 89.8 Å². The topological polar surface area (TPSA) is 61.4 Å². The van der Waals surface area contributed by atoms with Crippen molar-refractivity contribution in [3.63, 3.8) is 0 Å². The first-order valence-electron chi connectivity index (χ1n) is 14.1. The molecule has 3 aliphatic heterocycles. The molecule has 2 aromatic carbocycles. The molecule has 5 rings (SSSR count). The Kier molecular flexibility index (Phi) is 7.76. The summed E-state index contributed by atoms with van der Waals surface area (Å²) in [6, 6.07) is 14.7. The summed E-state index contributed by atoms with van der Waals surface area (Å²) in [5.41, 5.74) is 5.49. The fraction of sp³-hybridized carbons (Fsp3) is 0.548. The number of fused-ring (bicyclic) bond motifs is 4. The maximum atomic E-state index is 13.8. The van der Waals surface area contributed by atoms with E-state index >= 15 is 0 Å². The lowest BCUT2D eigenvalue weighted by atomic mass is 9.75. The predicted octanol–water partition coefficient (Wildman–Crippen LogP) is 5.50. The van der Waals surface area contributed by atoms with Gasteiger partial charge in [-0.05, 0) is 80.3 Å². The number of carbonyl (C=O) groups is 2. The number of hydrogen-bond acceptors (Lipinski definition) is 3. The highest BCUT2D eigenvalue weighted by Crippen LogP contribution is 2.43. The van der Waals surface area contributed by atoms with E-state index in [2.05, 4.69) is 46.7 Å². The van der Waals surface area contributed by atoms with Crippen molar-refractivity contribution >= 4 is 11.8 Å². The Hall–Kier alpha value is -2.66. The molecule has 2 saturated heterocycles. The highest BCUT2D eigenvalue weighted by atomic mass is 16.2. The molecule has 5 nitrogen and oxygen atoms in total. The summed E-state index contributed by atoms with van der Waals surface area (Å²) in [6.45, 7) is 6.02. The van der Waals surface area contributed by atoms with Crippen molar-refractivity contribution in [3.05, 3.63) is 70.3 Å². The minimum absolute atomic E-state index is 0.0185. The van der Waals surface area contributed by atoms with E-state index in [4.69, 9.17) is 0 Å². The summed E-state index contributed by atoms with van der Waals surface area (Å²) >= 11 is 0. The third kappa shape index (κ3) is 5.08. The minimum atomic E-state index is -0.0837. The Labute approximate surface area is 216 Å². The molecule has 0 bridgehead atoms. The molecule has 3 heterocycles. The van der Waals surface area contributed by atoms with Gasteiger partial charge in [-0.1, -0.05) is 62.6 Å². The number of nitrogens with zero attached hydrogens (tertiary/aromatic N) is 1. The van der Waals surface area contributed by atoms with E-state index in [0.29, 0.717) is 0 Å². The molecule has 2 fully saturated rings. The Bertz CT molecular complexity index is 1080. The highest BCUT2D eigenvalue weighted by molar-refractivity contribution is 5.97. The van der Waals surface area contributed by atoms with E-state index in [1.54, 1.807) is 0 Å². The van der Waals surface area contributed by atoms with Crippen LogP contribution in [0.4, 0.5) is 0 Å². The zero-order valence-electron chi connectivity index (χ0n) is 21.9. The molecule has 0 aromatic heterocycles. The molecule has 36 heavy (non-hydrogen) atoms. The summed E-state index contributed by atoms with van der Waals surface area (Å²) < 4.78 is 0. The molecule has 2 N–H and O–H groups in total. The molecule has 192 valence electrons. The molecule has 4 atom stereocenters. The number of unbranched alkanes of at least 4 members (excludes halogenated alkanes) is 3. The van der Waals surface area contributed by atoms with Crippen LogP contribution in [0.1, 0.15) is 103 Å². The molecule has 0 aliphatic carbocycles. The summed E-state index contributed by atoms with van der Waals surface area (Å²) in [6.07, 6.45) is 9.61. The van der Waals surface area contributed by atoms with Crippen LogP contribution < -0.4 is 10.6 Å². The first-order chi connectivity index (χ1) is 17.6. The van der Waals surface area contributed by atoms with E-state index in [1.807, 2.05) is 25.1 Å². The summed E-state index contributed by atoms with van der Waals surface area (Å²) in [5.74, 6) is 0.345. The van der Waals surface area contributed by atoms with E-state index in [-0.39, 0.29) is 35.9 Å². The molecule has 5 heteroatoms. The second kappa shape index (κ2) is 11.2. The molecule has 0 radical (unpaired) electrons. The van der Waals surface area contributed by atoms with Crippen LogP contribution in [0.25, 0.3) is 0 Å². The number of benzene rings is 2. The normalized spacial score (nSPS) is 23.9. The number of hydrogen-bond donors (Lipinski definition) is 2.